The number of ether oxygens (including phenoxy) is 2. The fourth-order valence-electron chi connectivity index (χ4n) is 2.60. The van der Waals surface area contributed by atoms with Crippen LogP contribution in [0, 0.1) is 12.7 Å². The molecule has 142 valence electrons. The lowest BCUT2D eigenvalue weighted by atomic mass is 10.1. The van der Waals surface area contributed by atoms with Crippen LogP contribution in [0.1, 0.15) is 34.8 Å². The van der Waals surface area contributed by atoms with Crippen molar-refractivity contribution >= 4 is 11.3 Å². The van der Waals surface area contributed by atoms with Crippen molar-refractivity contribution in [2.24, 2.45) is 0 Å². The van der Waals surface area contributed by atoms with E-state index in [0.29, 0.717) is 13.2 Å². The van der Waals surface area contributed by atoms with Gasteiger partial charge >= 0.3 is 0 Å². The number of nitrogens with zero attached hydrogens (tertiary/aromatic N) is 1. The fourth-order valence-corrected chi connectivity index (χ4v) is 3.31. The first-order valence-corrected chi connectivity index (χ1v) is 9.62. The average Bonchev–Trinajstić information content (AvgIpc) is 3.13. The Balaban J connectivity index is 1.51. The van der Waals surface area contributed by atoms with Gasteiger partial charge in [0.2, 0.25) is 0 Å². The predicted octanol–water partition coefficient (Wildman–Crippen LogP) is 5.03. The molecule has 3 aromatic rings. The minimum absolute atomic E-state index is 0.000588. The third-order valence-electron chi connectivity index (χ3n) is 4.25. The molecule has 1 N–H and O–H groups in total. The number of thiazole rings is 1. The number of nitrogens with one attached hydrogen (secondary N) is 1. The highest BCUT2D eigenvalue weighted by atomic mass is 32.1. The highest BCUT2D eigenvalue weighted by Crippen LogP contribution is 2.22. The van der Waals surface area contributed by atoms with Crippen LogP contribution in [0.25, 0.3) is 0 Å². The second-order valence-electron chi connectivity index (χ2n) is 6.33. The summed E-state index contributed by atoms with van der Waals surface area (Å²) < 4.78 is 24.6. The maximum absolute atomic E-state index is 13.8. The Hall–Kier alpha value is -2.44. The van der Waals surface area contributed by atoms with Crippen LogP contribution in [0.5, 0.6) is 11.5 Å². The van der Waals surface area contributed by atoms with Crippen LogP contribution in [0.15, 0.2) is 47.8 Å². The van der Waals surface area contributed by atoms with E-state index in [9.17, 15) is 4.39 Å². The van der Waals surface area contributed by atoms with Crippen LogP contribution < -0.4 is 14.8 Å². The number of methoxy groups -OCH3 is 1. The van der Waals surface area contributed by atoms with E-state index in [4.69, 9.17) is 9.47 Å². The first kappa shape index (κ1) is 19.3. The Bertz CT molecular complexity index is 880. The SMILES string of the molecule is COc1ccc(C(C)NCc2csc(COc3ccc(C)cc3)n2)cc1F. The van der Waals surface area contributed by atoms with Crippen molar-refractivity contribution in [1.82, 2.24) is 10.3 Å². The Labute approximate surface area is 163 Å². The molecule has 0 saturated heterocycles. The van der Waals surface area contributed by atoms with Gasteiger partial charge in [0.05, 0.1) is 12.8 Å². The van der Waals surface area contributed by atoms with E-state index in [1.165, 1.54) is 18.7 Å². The number of hydrogen-bond acceptors (Lipinski definition) is 5. The van der Waals surface area contributed by atoms with Crippen molar-refractivity contribution in [1.29, 1.82) is 0 Å². The molecular weight excluding hydrogens is 363 g/mol. The number of benzene rings is 2. The third kappa shape index (κ3) is 5.28. The molecule has 0 aliphatic carbocycles. The summed E-state index contributed by atoms with van der Waals surface area (Å²) in [6.07, 6.45) is 0. The minimum atomic E-state index is -0.354. The highest BCUT2D eigenvalue weighted by molar-refractivity contribution is 7.09. The maximum Gasteiger partial charge on any atom is 0.165 e. The molecule has 0 aliphatic heterocycles. The maximum atomic E-state index is 13.8. The molecule has 1 heterocycles. The molecule has 6 heteroatoms. The monoisotopic (exact) mass is 386 g/mol. The molecule has 0 fully saturated rings. The van der Waals surface area contributed by atoms with Gasteiger partial charge in [0.25, 0.3) is 0 Å². The summed E-state index contributed by atoms with van der Waals surface area (Å²) in [6, 6.07) is 13.0. The van der Waals surface area contributed by atoms with E-state index >= 15 is 0 Å². The molecule has 4 nitrogen and oxygen atoms in total. The molecule has 1 aromatic heterocycles. The first-order chi connectivity index (χ1) is 13.0. The zero-order valence-electron chi connectivity index (χ0n) is 15.7. The van der Waals surface area contributed by atoms with E-state index < -0.39 is 0 Å². The number of halogens is 1. The molecule has 2 aromatic carbocycles. The Morgan fingerprint density at radius 1 is 1.19 bits per heavy atom. The molecule has 0 bridgehead atoms. The van der Waals surface area contributed by atoms with Gasteiger partial charge in [0, 0.05) is 18.0 Å². The molecule has 0 amide bonds. The topological polar surface area (TPSA) is 43.4 Å². The van der Waals surface area contributed by atoms with E-state index in [1.807, 2.05) is 49.6 Å². The van der Waals surface area contributed by atoms with E-state index in [-0.39, 0.29) is 17.6 Å². The molecule has 27 heavy (non-hydrogen) atoms. The van der Waals surface area contributed by atoms with Crippen molar-refractivity contribution in [3.63, 3.8) is 0 Å². The Morgan fingerprint density at radius 2 is 1.96 bits per heavy atom. The van der Waals surface area contributed by atoms with Crippen LogP contribution in [0.3, 0.4) is 0 Å². The third-order valence-corrected chi connectivity index (χ3v) is 5.12. The largest absolute Gasteiger partial charge is 0.494 e. The number of aromatic nitrogens is 1. The van der Waals surface area contributed by atoms with Gasteiger partial charge in [-0.05, 0) is 43.7 Å². The molecule has 0 aliphatic rings. The van der Waals surface area contributed by atoms with Crippen LogP contribution in [0.4, 0.5) is 4.39 Å². The lowest BCUT2D eigenvalue weighted by Crippen LogP contribution is -2.18. The van der Waals surface area contributed by atoms with Gasteiger partial charge in [-0.15, -0.1) is 11.3 Å². The predicted molar refractivity (Wildman–Crippen MR) is 106 cm³/mol. The number of aryl methyl sites for hydroxylation is 1. The van der Waals surface area contributed by atoms with Gasteiger partial charge in [-0.25, -0.2) is 9.37 Å². The first-order valence-electron chi connectivity index (χ1n) is 8.74. The van der Waals surface area contributed by atoms with Crippen molar-refractivity contribution in [2.75, 3.05) is 7.11 Å². The van der Waals surface area contributed by atoms with Crippen molar-refractivity contribution < 1.29 is 13.9 Å². The summed E-state index contributed by atoms with van der Waals surface area (Å²) in [7, 11) is 1.46. The minimum Gasteiger partial charge on any atom is -0.494 e. The van der Waals surface area contributed by atoms with Crippen molar-refractivity contribution in [3.8, 4) is 11.5 Å². The zero-order chi connectivity index (χ0) is 19.2. The van der Waals surface area contributed by atoms with Gasteiger partial charge in [-0.1, -0.05) is 23.8 Å². The standard InChI is InChI=1S/C21H23FN2O2S/c1-14-4-7-18(8-5-14)26-12-21-24-17(13-27-21)11-23-15(2)16-6-9-20(25-3)19(22)10-16/h4-10,13,15,23H,11-12H2,1-3H3. The van der Waals surface area contributed by atoms with Gasteiger partial charge in [0.1, 0.15) is 17.4 Å². The quantitative estimate of drug-likeness (QED) is 0.590. The van der Waals surface area contributed by atoms with E-state index in [1.54, 1.807) is 17.4 Å². The number of rotatable bonds is 8. The summed E-state index contributed by atoms with van der Waals surface area (Å²) in [5.74, 6) is 0.738. The van der Waals surface area contributed by atoms with E-state index in [2.05, 4.69) is 10.3 Å². The number of hydrogen-bond donors (Lipinski definition) is 1. The van der Waals surface area contributed by atoms with Gasteiger partial charge < -0.3 is 14.8 Å². The summed E-state index contributed by atoms with van der Waals surface area (Å²) >= 11 is 1.57. The average molecular weight is 386 g/mol. The molecule has 0 spiro atoms. The summed E-state index contributed by atoms with van der Waals surface area (Å²) in [5.41, 5.74) is 3.02. The fraction of sp³-hybridized carbons (Fsp3) is 0.286. The van der Waals surface area contributed by atoms with Crippen molar-refractivity contribution in [2.45, 2.75) is 33.0 Å². The summed E-state index contributed by atoms with van der Waals surface area (Å²) in [4.78, 5) is 4.59. The van der Waals surface area contributed by atoms with Gasteiger partial charge in [-0.2, -0.15) is 0 Å². The lowest BCUT2D eigenvalue weighted by Gasteiger charge is -2.14. The lowest BCUT2D eigenvalue weighted by molar-refractivity contribution is 0.305. The van der Waals surface area contributed by atoms with Gasteiger partial charge in [0.15, 0.2) is 11.6 Å². The van der Waals surface area contributed by atoms with Gasteiger partial charge in [-0.3, -0.25) is 0 Å². The normalized spacial score (nSPS) is 12.0. The van der Waals surface area contributed by atoms with E-state index in [0.717, 1.165) is 22.0 Å². The summed E-state index contributed by atoms with van der Waals surface area (Å²) in [6.45, 7) is 5.10. The zero-order valence-corrected chi connectivity index (χ0v) is 16.5. The Kier molecular flexibility index (Phi) is 6.42. The molecular formula is C21H23FN2O2S. The molecule has 0 radical (unpaired) electrons. The van der Waals surface area contributed by atoms with Crippen molar-refractivity contribution in [3.05, 3.63) is 75.5 Å². The van der Waals surface area contributed by atoms with Crippen LogP contribution >= 0.6 is 11.3 Å². The molecule has 1 atom stereocenters. The Morgan fingerprint density at radius 3 is 2.67 bits per heavy atom. The second kappa shape index (κ2) is 8.97. The van der Waals surface area contributed by atoms with Crippen LogP contribution in [0.2, 0.25) is 0 Å². The smallest absolute Gasteiger partial charge is 0.165 e. The van der Waals surface area contributed by atoms with Crippen LogP contribution in [-0.4, -0.2) is 12.1 Å². The summed E-state index contributed by atoms with van der Waals surface area (Å²) in [5, 5.41) is 6.31. The second-order valence-corrected chi connectivity index (χ2v) is 7.27. The molecule has 0 saturated carbocycles. The molecule has 3 rings (SSSR count). The highest BCUT2D eigenvalue weighted by Gasteiger charge is 2.10. The van der Waals surface area contributed by atoms with Crippen LogP contribution in [-0.2, 0) is 13.2 Å². The molecule has 1 unspecified atom stereocenters.